The maximum Gasteiger partial charge on any atom is 0.266 e. The molecule has 158 valence electrons. The summed E-state index contributed by atoms with van der Waals surface area (Å²) in [5.41, 5.74) is 1.26. The molecule has 7 heteroatoms. The third-order valence-electron chi connectivity index (χ3n) is 3.88. The van der Waals surface area contributed by atoms with E-state index in [1.165, 1.54) is 6.08 Å². The summed E-state index contributed by atoms with van der Waals surface area (Å²) >= 11 is 2.17. The summed E-state index contributed by atoms with van der Waals surface area (Å²) in [5, 5.41) is 12.2. The molecule has 0 aliphatic rings. The number of benzene rings is 2. The molecule has 0 spiro atoms. The van der Waals surface area contributed by atoms with Gasteiger partial charge in [-0.15, -0.1) is 0 Å². The number of halogens is 1. The molecule has 1 amide bonds. The normalized spacial score (nSPS) is 10.8. The number of anilines is 1. The van der Waals surface area contributed by atoms with Gasteiger partial charge >= 0.3 is 0 Å². The van der Waals surface area contributed by atoms with Crippen LogP contribution >= 0.6 is 22.6 Å². The molecule has 0 aliphatic heterocycles. The Morgan fingerprint density at radius 1 is 1.10 bits per heavy atom. The van der Waals surface area contributed by atoms with Crippen molar-refractivity contribution in [2.45, 2.75) is 27.2 Å². The first kappa shape index (κ1) is 23.5. The molecule has 0 unspecified atom stereocenters. The molecule has 0 radical (unpaired) electrons. The van der Waals surface area contributed by atoms with E-state index in [4.69, 9.17) is 14.2 Å². The number of amides is 1. The van der Waals surface area contributed by atoms with Crippen molar-refractivity contribution in [3.05, 3.63) is 51.1 Å². The summed E-state index contributed by atoms with van der Waals surface area (Å²) in [7, 11) is 0. The van der Waals surface area contributed by atoms with Crippen molar-refractivity contribution >= 4 is 40.3 Å². The second kappa shape index (κ2) is 12.1. The summed E-state index contributed by atoms with van der Waals surface area (Å²) in [4.78, 5) is 12.6. The van der Waals surface area contributed by atoms with Gasteiger partial charge in [0.05, 0.1) is 23.4 Å². The van der Waals surface area contributed by atoms with Gasteiger partial charge in [0, 0.05) is 5.69 Å². The minimum atomic E-state index is -0.485. The Hall–Kier alpha value is -2.73. The number of carbonyl (C=O) groups excluding carboxylic acids is 1. The maximum absolute atomic E-state index is 12.6. The number of nitrogens with zero attached hydrogens (tertiary/aromatic N) is 1. The Bertz CT molecular complexity index is 933. The quantitative estimate of drug-likeness (QED) is 0.257. The average Bonchev–Trinajstić information content (AvgIpc) is 2.73. The van der Waals surface area contributed by atoms with Crippen LogP contribution in [0.5, 0.6) is 17.2 Å². The van der Waals surface area contributed by atoms with E-state index in [0.717, 1.165) is 15.7 Å². The Kier molecular flexibility index (Phi) is 9.48. The average molecular weight is 520 g/mol. The molecule has 2 aromatic carbocycles. The molecule has 2 aromatic rings. The first-order valence-corrected chi connectivity index (χ1v) is 10.8. The van der Waals surface area contributed by atoms with Gasteiger partial charge in [0.2, 0.25) is 0 Å². The summed E-state index contributed by atoms with van der Waals surface area (Å²) in [6, 6.07) is 12.6. The number of carbonyl (C=O) groups is 1. The zero-order chi connectivity index (χ0) is 21.9. The first-order valence-electron chi connectivity index (χ1n) is 9.77. The van der Waals surface area contributed by atoms with E-state index in [1.54, 1.807) is 30.3 Å². The number of ether oxygens (including phenoxy) is 3. The van der Waals surface area contributed by atoms with Gasteiger partial charge in [-0.25, -0.2) is 0 Å². The molecular weight excluding hydrogens is 495 g/mol. The number of hydrogen-bond acceptors (Lipinski definition) is 5. The highest BCUT2D eigenvalue weighted by Crippen LogP contribution is 2.35. The van der Waals surface area contributed by atoms with Crippen molar-refractivity contribution in [1.29, 1.82) is 5.26 Å². The van der Waals surface area contributed by atoms with E-state index in [9.17, 15) is 10.1 Å². The standard InChI is InChI=1S/C23H25IN2O4/c1-4-11-30-22-20(24)13-16(14-21(22)29-6-3)12-17(15-25)23(27)26-18-7-9-19(10-8-18)28-5-2/h7-10,12-14H,4-6,11H2,1-3H3,(H,26,27)/b17-12-. The zero-order valence-corrected chi connectivity index (χ0v) is 19.5. The van der Waals surface area contributed by atoms with E-state index >= 15 is 0 Å². The van der Waals surface area contributed by atoms with Crippen LogP contribution in [0.3, 0.4) is 0 Å². The molecule has 0 aromatic heterocycles. The van der Waals surface area contributed by atoms with Gasteiger partial charge < -0.3 is 19.5 Å². The summed E-state index contributed by atoms with van der Waals surface area (Å²) < 4.78 is 17.7. The van der Waals surface area contributed by atoms with Crippen LogP contribution in [0.1, 0.15) is 32.8 Å². The Balaban J connectivity index is 2.25. The van der Waals surface area contributed by atoms with Crippen LogP contribution in [0.2, 0.25) is 0 Å². The molecule has 30 heavy (non-hydrogen) atoms. The molecule has 1 N–H and O–H groups in total. The Morgan fingerprint density at radius 2 is 1.80 bits per heavy atom. The van der Waals surface area contributed by atoms with Crippen molar-refractivity contribution in [1.82, 2.24) is 0 Å². The SMILES string of the molecule is CCCOc1c(I)cc(/C=C(/C#N)C(=O)Nc2ccc(OCC)cc2)cc1OCC. The van der Waals surface area contributed by atoms with Gasteiger partial charge in [-0.3, -0.25) is 4.79 Å². The van der Waals surface area contributed by atoms with Crippen LogP contribution in [0, 0.1) is 14.9 Å². The van der Waals surface area contributed by atoms with Gasteiger partial charge in [-0.1, -0.05) is 6.92 Å². The van der Waals surface area contributed by atoms with Gasteiger partial charge in [0.1, 0.15) is 17.4 Å². The number of nitrogens with one attached hydrogen (secondary N) is 1. The lowest BCUT2D eigenvalue weighted by Crippen LogP contribution is -2.13. The summed E-state index contributed by atoms with van der Waals surface area (Å²) in [6.07, 6.45) is 2.42. The van der Waals surface area contributed by atoms with E-state index < -0.39 is 5.91 Å². The monoisotopic (exact) mass is 520 g/mol. The fourth-order valence-electron chi connectivity index (χ4n) is 2.59. The third-order valence-corrected chi connectivity index (χ3v) is 4.68. The minimum Gasteiger partial charge on any atom is -0.494 e. The van der Waals surface area contributed by atoms with Gasteiger partial charge in [-0.2, -0.15) is 5.26 Å². The van der Waals surface area contributed by atoms with Crippen molar-refractivity contribution < 1.29 is 19.0 Å². The molecule has 0 saturated heterocycles. The largest absolute Gasteiger partial charge is 0.494 e. The van der Waals surface area contributed by atoms with Crippen molar-refractivity contribution in [3.63, 3.8) is 0 Å². The fraction of sp³-hybridized carbons (Fsp3) is 0.304. The Labute approximate surface area is 191 Å². The van der Waals surface area contributed by atoms with Gasteiger partial charge in [0.15, 0.2) is 11.5 Å². The van der Waals surface area contributed by atoms with Crippen LogP contribution in [0.25, 0.3) is 6.08 Å². The second-order valence-electron chi connectivity index (χ2n) is 6.19. The predicted molar refractivity (Wildman–Crippen MR) is 126 cm³/mol. The molecule has 0 bridgehead atoms. The lowest BCUT2D eigenvalue weighted by Gasteiger charge is -2.14. The maximum atomic E-state index is 12.6. The molecule has 0 fully saturated rings. The summed E-state index contributed by atoms with van der Waals surface area (Å²) in [6.45, 7) is 7.46. The smallest absolute Gasteiger partial charge is 0.266 e. The van der Waals surface area contributed by atoms with Crippen molar-refractivity contribution in [2.24, 2.45) is 0 Å². The molecule has 0 atom stereocenters. The first-order chi connectivity index (χ1) is 14.5. The molecule has 6 nitrogen and oxygen atoms in total. The predicted octanol–water partition coefficient (Wildman–Crippen LogP) is 5.42. The third kappa shape index (κ3) is 6.66. The van der Waals surface area contributed by atoms with E-state index in [2.05, 4.69) is 27.9 Å². The fourth-order valence-corrected chi connectivity index (χ4v) is 3.37. The van der Waals surface area contributed by atoms with Crippen LogP contribution < -0.4 is 19.5 Å². The van der Waals surface area contributed by atoms with Crippen molar-refractivity contribution in [3.8, 4) is 23.3 Å². The molecular formula is C23H25IN2O4. The van der Waals surface area contributed by atoms with E-state index in [-0.39, 0.29) is 5.57 Å². The zero-order valence-electron chi connectivity index (χ0n) is 17.3. The molecule has 0 saturated carbocycles. The highest BCUT2D eigenvalue weighted by Gasteiger charge is 2.14. The van der Waals surface area contributed by atoms with Crippen LogP contribution in [0.4, 0.5) is 5.69 Å². The van der Waals surface area contributed by atoms with E-state index in [0.29, 0.717) is 42.6 Å². The highest BCUT2D eigenvalue weighted by atomic mass is 127. The minimum absolute atomic E-state index is 0.00985. The molecule has 0 aliphatic carbocycles. The van der Waals surface area contributed by atoms with Gasteiger partial charge in [0.25, 0.3) is 5.91 Å². The molecule has 2 rings (SSSR count). The van der Waals surface area contributed by atoms with Crippen molar-refractivity contribution in [2.75, 3.05) is 25.1 Å². The molecule has 0 heterocycles. The highest BCUT2D eigenvalue weighted by molar-refractivity contribution is 14.1. The number of hydrogen-bond donors (Lipinski definition) is 1. The lowest BCUT2D eigenvalue weighted by molar-refractivity contribution is -0.112. The number of rotatable bonds is 10. The number of nitriles is 1. The van der Waals surface area contributed by atoms with E-state index in [1.807, 2.05) is 32.9 Å². The van der Waals surface area contributed by atoms with Crippen LogP contribution in [-0.4, -0.2) is 25.7 Å². The second-order valence-corrected chi connectivity index (χ2v) is 7.35. The van der Waals surface area contributed by atoms with Crippen LogP contribution in [-0.2, 0) is 4.79 Å². The lowest BCUT2D eigenvalue weighted by atomic mass is 10.1. The van der Waals surface area contributed by atoms with Gasteiger partial charge in [-0.05, 0) is 90.9 Å². The summed E-state index contributed by atoms with van der Waals surface area (Å²) in [5.74, 6) is 1.50. The Morgan fingerprint density at radius 3 is 2.40 bits per heavy atom. The van der Waals surface area contributed by atoms with Crippen LogP contribution in [0.15, 0.2) is 42.0 Å². The topological polar surface area (TPSA) is 80.6 Å².